The van der Waals surface area contributed by atoms with Gasteiger partial charge in [0.1, 0.15) is 24.4 Å². The van der Waals surface area contributed by atoms with Crippen LogP contribution in [0.1, 0.15) is 113 Å². The Hall–Kier alpha value is -0.580. The highest BCUT2D eigenvalue weighted by molar-refractivity contribution is 5.20. The molecule has 4 saturated carbocycles. The molecule has 0 spiro atoms. The summed E-state index contributed by atoms with van der Waals surface area (Å²) in [5.74, 6) is 0.792. The molecule has 0 aromatic rings. The van der Waals surface area contributed by atoms with E-state index in [1.807, 2.05) is 6.92 Å². The van der Waals surface area contributed by atoms with Crippen LogP contribution in [-0.4, -0.2) is 85.8 Å². The number of hydrogen-bond donors (Lipinski definition) is 6. The van der Waals surface area contributed by atoms with Gasteiger partial charge in [-0.05, 0) is 124 Å². The number of rotatable bonds is 7. The van der Waals surface area contributed by atoms with Crippen molar-refractivity contribution in [3.8, 4) is 0 Å². The fraction of sp³-hybridized carbons (Fsp3) is 0.944. The first-order chi connectivity index (χ1) is 20.3. The molecule has 0 unspecified atom stereocenters. The predicted octanol–water partition coefficient (Wildman–Crippen LogP) is 4.32. The zero-order valence-electron chi connectivity index (χ0n) is 28.5. The van der Waals surface area contributed by atoms with Gasteiger partial charge in [-0.1, -0.05) is 46.3 Å². The van der Waals surface area contributed by atoms with E-state index in [1.54, 1.807) is 0 Å². The Morgan fingerprint density at radius 3 is 2.18 bits per heavy atom. The van der Waals surface area contributed by atoms with Crippen molar-refractivity contribution in [3.63, 3.8) is 0 Å². The molecule has 44 heavy (non-hydrogen) atoms. The highest BCUT2D eigenvalue weighted by Crippen LogP contribution is 2.76. The number of aliphatic hydroxyl groups excluding tert-OH is 5. The number of allylic oxidation sites excluding steroid dienone is 2. The molecule has 0 radical (unpaired) electrons. The quantitative estimate of drug-likeness (QED) is 0.182. The summed E-state index contributed by atoms with van der Waals surface area (Å²) in [5.41, 5.74) is 0.122. The van der Waals surface area contributed by atoms with Crippen LogP contribution in [0.5, 0.6) is 0 Å². The molecule has 6 N–H and O–H groups in total. The van der Waals surface area contributed by atoms with Crippen LogP contribution in [0.2, 0.25) is 0 Å². The Bertz CT molecular complexity index is 1070. The molecule has 5 rings (SSSR count). The van der Waals surface area contributed by atoms with Gasteiger partial charge in [0.2, 0.25) is 0 Å². The lowest BCUT2D eigenvalue weighted by molar-refractivity contribution is -0.332. The van der Waals surface area contributed by atoms with Crippen LogP contribution in [0, 0.1) is 45.3 Å². The van der Waals surface area contributed by atoms with Crippen LogP contribution < -0.4 is 0 Å². The first kappa shape index (κ1) is 34.7. The van der Waals surface area contributed by atoms with Crippen molar-refractivity contribution in [1.29, 1.82) is 0 Å². The number of fused-ring (bicyclic) bond motifs is 5. The second-order valence-electron chi connectivity index (χ2n) is 17.3. The summed E-state index contributed by atoms with van der Waals surface area (Å²) in [4.78, 5) is 0. The van der Waals surface area contributed by atoms with E-state index in [0.29, 0.717) is 18.3 Å². The normalized spacial score (nSPS) is 51.5. The minimum absolute atomic E-state index is 0.0231. The molecular formula is C36H62O8. The molecule has 4 aliphatic carbocycles. The Labute approximate surface area is 265 Å². The average molecular weight is 623 g/mol. The van der Waals surface area contributed by atoms with Gasteiger partial charge in [0.15, 0.2) is 6.29 Å². The summed E-state index contributed by atoms with van der Waals surface area (Å²) in [5, 5.41) is 64.8. The molecule has 0 aromatic carbocycles. The highest BCUT2D eigenvalue weighted by atomic mass is 16.7. The third-order valence-corrected chi connectivity index (χ3v) is 14.5. The zero-order chi connectivity index (χ0) is 32.6. The van der Waals surface area contributed by atoms with E-state index in [4.69, 9.17) is 9.47 Å². The lowest BCUT2D eigenvalue weighted by Crippen LogP contribution is -2.67. The Morgan fingerprint density at radius 2 is 1.55 bits per heavy atom. The van der Waals surface area contributed by atoms with Crippen LogP contribution >= 0.6 is 0 Å². The SMILES string of the molecule is CC(C)=CCC[C@](C)(O)[C@H]1CC[C@@]2(C)[C@H]1[C@@H](O)C[C@H]1[C@@]3(C)CC[C@@H](O[C@@H]4O[C@H](CO)[C@@H](O)[C@H](O)[C@H]4O)C(C)(C)[C@H]3CC[C@]12C. The van der Waals surface area contributed by atoms with Crippen molar-refractivity contribution in [2.45, 2.75) is 162 Å². The zero-order valence-corrected chi connectivity index (χ0v) is 28.5. The Kier molecular flexibility index (Phi) is 9.35. The van der Waals surface area contributed by atoms with E-state index in [9.17, 15) is 30.6 Å². The van der Waals surface area contributed by atoms with Gasteiger partial charge in [-0.15, -0.1) is 0 Å². The first-order valence-electron chi connectivity index (χ1n) is 17.3. The predicted molar refractivity (Wildman–Crippen MR) is 168 cm³/mol. The van der Waals surface area contributed by atoms with Crippen molar-refractivity contribution in [2.24, 2.45) is 45.3 Å². The van der Waals surface area contributed by atoms with E-state index < -0.39 is 49.0 Å². The summed E-state index contributed by atoms with van der Waals surface area (Å²) >= 11 is 0. The van der Waals surface area contributed by atoms with E-state index in [2.05, 4.69) is 54.5 Å². The van der Waals surface area contributed by atoms with E-state index in [1.165, 1.54) is 5.57 Å². The molecule has 0 aromatic heterocycles. The van der Waals surface area contributed by atoms with Gasteiger partial charge in [-0.3, -0.25) is 0 Å². The van der Waals surface area contributed by atoms with Crippen molar-refractivity contribution in [3.05, 3.63) is 11.6 Å². The van der Waals surface area contributed by atoms with Crippen LogP contribution in [0.4, 0.5) is 0 Å². The maximum atomic E-state index is 12.0. The molecule has 254 valence electrons. The molecule has 1 aliphatic heterocycles. The molecule has 0 bridgehead atoms. The third-order valence-electron chi connectivity index (χ3n) is 14.5. The van der Waals surface area contributed by atoms with Crippen molar-refractivity contribution >= 4 is 0 Å². The first-order valence-corrected chi connectivity index (χ1v) is 17.3. The smallest absolute Gasteiger partial charge is 0.186 e. The van der Waals surface area contributed by atoms with Crippen LogP contribution in [0.15, 0.2) is 11.6 Å². The summed E-state index contributed by atoms with van der Waals surface area (Å²) in [6.07, 6.45) is 3.15. The van der Waals surface area contributed by atoms with Gasteiger partial charge in [-0.2, -0.15) is 0 Å². The van der Waals surface area contributed by atoms with Crippen LogP contribution in [-0.2, 0) is 9.47 Å². The maximum absolute atomic E-state index is 12.0. The average Bonchev–Trinajstić information content (AvgIpc) is 3.32. The minimum Gasteiger partial charge on any atom is -0.394 e. The summed E-state index contributed by atoms with van der Waals surface area (Å²) < 4.78 is 12.2. The molecule has 0 amide bonds. The fourth-order valence-electron chi connectivity index (χ4n) is 11.9. The Balaban J connectivity index is 1.37. The van der Waals surface area contributed by atoms with Crippen molar-refractivity contribution in [2.75, 3.05) is 6.61 Å². The van der Waals surface area contributed by atoms with E-state index in [0.717, 1.165) is 51.4 Å². The lowest BCUT2D eigenvalue weighted by Gasteiger charge is -2.70. The van der Waals surface area contributed by atoms with Gasteiger partial charge in [0, 0.05) is 0 Å². The summed E-state index contributed by atoms with van der Waals surface area (Å²) in [6, 6.07) is 0. The van der Waals surface area contributed by atoms with Gasteiger partial charge in [-0.25, -0.2) is 0 Å². The lowest BCUT2D eigenvalue weighted by atomic mass is 9.35. The van der Waals surface area contributed by atoms with Crippen molar-refractivity contribution < 1.29 is 40.1 Å². The van der Waals surface area contributed by atoms with Gasteiger partial charge >= 0.3 is 0 Å². The number of hydrogen-bond acceptors (Lipinski definition) is 8. The summed E-state index contributed by atoms with van der Waals surface area (Å²) in [7, 11) is 0. The minimum atomic E-state index is -1.46. The monoisotopic (exact) mass is 622 g/mol. The Morgan fingerprint density at radius 1 is 0.886 bits per heavy atom. The number of ether oxygens (including phenoxy) is 2. The summed E-state index contributed by atoms with van der Waals surface area (Å²) in [6.45, 7) is 17.5. The molecule has 8 heteroatoms. The molecule has 1 saturated heterocycles. The maximum Gasteiger partial charge on any atom is 0.186 e. The highest BCUT2D eigenvalue weighted by Gasteiger charge is 2.71. The van der Waals surface area contributed by atoms with Gasteiger partial charge in [0.05, 0.1) is 24.4 Å². The molecule has 5 aliphatic rings. The third kappa shape index (κ3) is 5.26. The molecule has 15 atom stereocenters. The molecule has 5 fully saturated rings. The van der Waals surface area contributed by atoms with Crippen LogP contribution in [0.25, 0.3) is 0 Å². The topological polar surface area (TPSA) is 140 Å². The number of aliphatic hydroxyl groups is 6. The van der Waals surface area contributed by atoms with E-state index in [-0.39, 0.29) is 39.6 Å². The molecule has 1 heterocycles. The second kappa shape index (κ2) is 11.8. The molecule has 8 nitrogen and oxygen atoms in total. The van der Waals surface area contributed by atoms with E-state index >= 15 is 0 Å². The van der Waals surface area contributed by atoms with Crippen LogP contribution in [0.3, 0.4) is 0 Å². The standard InChI is InChI=1S/C36H62O8/c1-20(2)10-9-14-36(8,42)21-11-16-35(7)27(21)22(38)18-25-33(5)15-13-26(32(3,4)24(33)12-17-34(25,35)6)44-31-30(41)29(40)28(39)23(19-37)43-31/h10,21-31,37-42H,9,11-19H2,1-8H3/t21-,22-,23+,24+,25-,26+,27+,28+,29-,30+,31-,33-,34+,35-,36-/m0/s1. The second-order valence-corrected chi connectivity index (χ2v) is 17.3. The largest absolute Gasteiger partial charge is 0.394 e. The van der Waals surface area contributed by atoms with Crippen molar-refractivity contribution in [1.82, 2.24) is 0 Å². The van der Waals surface area contributed by atoms with Gasteiger partial charge in [0.25, 0.3) is 0 Å². The molecular weight excluding hydrogens is 560 g/mol. The fourth-order valence-corrected chi connectivity index (χ4v) is 11.9. The van der Waals surface area contributed by atoms with Gasteiger partial charge < -0.3 is 40.1 Å².